The summed E-state index contributed by atoms with van der Waals surface area (Å²) in [5, 5.41) is 16.4. The Kier molecular flexibility index (Phi) is 3.47. The van der Waals surface area contributed by atoms with Crippen molar-refractivity contribution in [2.24, 2.45) is 0 Å². The zero-order chi connectivity index (χ0) is 17.7. The molecule has 128 valence electrons. The molecule has 4 heterocycles. The first-order valence-electron chi connectivity index (χ1n) is 8.13. The summed E-state index contributed by atoms with van der Waals surface area (Å²) in [6.45, 7) is 0. The molecule has 2 aromatic rings. The third kappa shape index (κ3) is 2.13. The highest BCUT2D eigenvalue weighted by Crippen LogP contribution is 2.48. The minimum atomic E-state index is -0.533. The lowest BCUT2D eigenvalue weighted by molar-refractivity contribution is 0.0595. The van der Waals surface area contributed by atoms with Crippen LogP contribution < -0.4 is 5.73 Å². The number of methoxy groups -OCH3 is 1. The number of hydrogen-bond acceptors (Lipinski definition) is 7. The van der Waals surface area contributed by atoms with Crippen LogP contribution in [0.4, 0.5) is 5.82 Å². The molecule has 0 unspecified atom stereocenters. The molecule has 3 N–H and O–H groups in total. The van der Waals surface area contributed by atoms with Gasteiger partial charge in [0.05, 0.1) is 13.3 Å². The van der Waals surface area contributed by atoms with Crippen LogP contribution in [0.3, 0.4) is 0 Å². The van der Waals surface area contributed by atoms with Crippen molar-refractivity contribution < 1.29 is 9.53 Å². The lowest BCUT2D eigenvalue weighted by atomic mass is 9.87. The van der Waals surface area contributed by atoms with Gasteiger partial charge in [-0.05, 0) is 19.9 Å². The second-order valence-electron chi connectivity index (χ2n) is 6.49. The number of likely N-dealkylation sites (N-methyl/N-ethyl adjacent to an activating group) is 1. The van der Waals surface area contributed by atoms with Crippen molar-refractivity contribution in [1.82, 2.24) is 20.1 Å². The van der Waals surface area contributed by atoms with Gasteiger partial charge in [0.1, 0.15) is 17.5 Å². The summed E-state index contributed by atoms with van der Waals surface area (Å²) in [7, 11) is 3.40. The SMILES string of the molecule is COC(=O)c1[nH]ncc1-c1c(C#N)c(N)nc2c1[C@H]1CC[C@@H](C2)N1C. The number of nitrogens with two attached hydrogens (primary N) is 1. The lowest BCUT2D eigenvalue weighted by Gasteiger charge is -2.34. The molecule has 4 rings (SSSR count). The van der Waals surface area contributed by atoms with Crippen LogP contribution in [-0.2, 0) is 11.2 Å². The second-order valence-corrected chi connectivity index (χ2v) is 6.49. The molecule has 1 saturated heterocycles. The Hall–Kier alpha value is -2.92. The van der Waals surface area contributed by atoms with Crippen molar-refractivity contribution in [2.45, 2.75) is 31.3 Å². The number of hydrogen-bond donors (Lipinski definition) is 2. The number of ether oxygens (including phenoxy) is 1. The molecule has 2 aliphatic heterocycles. The molecule has 0 aliphatic carbocycles. The Morgan fingerprint density at radius 2 is 2.32 bits per heavy atom. The Labute approximate surface area is 144 Å². The van der Waals surface area contributed by atoms with E-state index in [1.54, 1.807) is 6.20 Å². The van der Waals surface area contributed by atoms with Gasteiger partial charge in [-0.3, -0.25) is 10.00 Å². The largest absolute Gasteiger partial charge is 0.464 e. The summed E-state index contributed by atoms with van der Waals surface area (Å²) >= 11 is 0. The number of aromatic nitrogens is 3. The number of H-pyrrole nitrogens is 1. The van der Waals surface area contributed by atoms with Gasteiger partial charge in [0.2, 0.25) is 0 Å². The van der Waals surface area contributed by atoms with E-state index in [-0.39, 0.29) is 23.1 Å². The monoisotopic (exact) mass is 338 g/mol. The van der Waals surface area contributed by atoms with Gasteiger partial charge in [0.25, 0.3) is 0 Å². The fourth-order valence-corrected chi connectivity index (χ4v) is 4.14. The van der Waals surface area contributed by atoms with Gasteiger partial charge in [-0.2, -0.15) is 10.4 Å². The van der Waals surface area contributed by atoms with Crippen LogP contribution in [0.5, 0.6) is 0 Å². The molecule has 1 fully saturated rings. The first kappa shape index (κ1) is 15.6. The van der Waals surface area contributed by atoms with Crippen molar-refractivity contribution in [3.05, 3.63) is 28.7 Å². The number of rotatable bonds is 2. The number of nitrogens with one attached hydrogen (secondary N) is 1. The topological polar surface area (TPSA) is 121 Å². The highest BCUT2D eigenvalue weighted by molar-refractivity contribution is 5.97. The molecule has 2 bridgehead atoms. The number of esters is 1. The standard InChI is InChI=1S/C17H18N6O2/c1-23-8-3-4-12(23)14-11(5-8)21-16(19)9(6-18)13(14)10-7-20-22-15(10)17(24)25-2/h7-8,12H,3-5H2,1-2H3,(H2,19,21)(H,20,22)/t8-,12+/m0/s1. The summed E-state index contributed by atoms with van der Waals surface area (Å²) in [6.07, 6.45) is 4.40. The van der Waals surface area contributed by atoms with Gasteiger partial charge in [0.15, 0.2) is 5.69 Å². The number of pyridine rings is 1. The summed E-state index contributed by atoms with van der Waals surface area (Å²) in [6, 6.07) is 2.76. The number of nitrogens with zero attached hydrogens (tertiary/aromatic N) is 4. The molecule has 0 radical (unpaired) electrons. The fraction of sp³-hybridized carbons (Fsp3) is 0.412. The highest BCUT2D eigenvalue weighted by atomic mass is 16.5. The predicted molar refractivity (Wildman–Crippen MR) is 89.5 cm³/mol. The van der Waals surface area contributed by atoms with Crippen molar-refractivity contribution in [3.63, 3.8) is 0 Å². The molecule has 0 spiro atoms. The molecule has 25 heavy (non-hydrogen) atoms. The molecule has 0 amide bonds. The van der Waals surface area contributed by atoms with Gasteiger partial charge in [-0.1, -0.05) is 0 Å². The zero-order valence-corrected chi connectivity index (χ0v) is 14.0. The van der Waals surface area contributed by atoms with Crippen molar-refractivity contribution in [2.75, 3.05) is 19.9 Å². The van der Waals surface area contributed by atoms with Crippen LogP contribution in [0.15, 0.2) is 6.20 Å². The molecule has 2 aliphatic rings. The molecule has 8 nitrogen and oxygen atoms in total. The van der Waals surface area contributed by atoms with Gasteiger partial charge in [-0.15, -0.1) is 0 Å². The quantitative estimate of drug-likeness (QED) is 0.794. The van der Waals surface area contributed by atoms with Crippen LogP contribution in [0.2, 0.25) is 0 Å². The maximum atomic E-state index is 12.1. The normalized spacial score (nSPS) is 21.6. The van der Waals surface area contributed by atoms with Crippen molar-refractivity contribution in [1.29, 1.82) is 5.26 Å². The number of nitrogen functional groups attached to an aromatic ring is 1. The maximum Gasteiger partial charge on any atom is 0.356 e. The first-order valence-corrected chi connectivity index (χ1v) is 8.13. The number of anilines is 1. The Morgan fingerprint density at radius 1 is 1.52 bits per heavy atom. The molecule has 0 aromatic carbocycles. The van der Waals surface area contributed by atoms with Crippen LogP contribution in [0, 0.1) is 11.3 Å². The van der Waals surface area contributed by atoms with Gasteiger partial charge < -0.3 is 10.5 Å². The number of nitriles is 1. The molecular weight excluding hydrogens is 320 g/mol. The van der Waals surface area contributed by atoms with E-state index in [1.807, 2.05) is 0 Å². The van der Waals surface area contributed by atoms with Crippen LogP contribution in [0.25, 0.3) is 11.1 Å². The molecule has 8 heteroatoms. The van der Waals surface area contributed by atoms with Crippen LogP contribution in [0.1, 0.15) is 46.2 Å². The average molecular weight is 338 g/mol. The van der Waals surface area contributed by atoms with Crippen LogP contribution in [-0.4, -0.2) is 46.2 Å². The Morgan fingerprint density at radius 3 is 3.04 bits per heavy atom. The summed E-state index contributed by atoms with van der Waals surface area (Å²) < 4.78 is 4.84. The third-order valence-corrected chi connectivity index (χ3v) is 5.35. The molecule has 2 aromatic heterocycles. The highest BCUT2D eigenvalue weighted by Gasteiger charge is 2.41. The van der Waals surface area contributed by atoms with E-state index in [2.05, 4.69) is 33.2 Å². The predicted octanol–water partition coefficient (Wildman–Crippen LogP) is 1.40. The fourth-order valence-electron chi connectivity index (χ4n) is 4.14. The number of carbonyl (C=O) groups excluding carboxylic acids is 1. The van der Waals surface area contributed by atoms with E-state index in [4.69, 9.17) is 10.5 Å². The number of carbonyl (C=O) groups is 1. The summed E-state index contributed by atoms with van der Waals surface area (Å²) in [5.41, 5.74) is 9.65. The van der Waals surface area contributed by atoms with E-state index in [0.717, 1.165) is 30.5 Å². The van der Waals surface area contributed by atoms with E-state index >= 15 is 0 Å². The summed E-state index contributed by atoms with van der Waals surface area (Å²) in [4.78, 5) is 18.9. The number of fused-ring (bicyclic) bond motifs is 4. The van der Waals surface area contributed by atoms with Gasteiger partial charge in [0, 0.05) is 40.9 Å². The lowest BCUT2D eigenvalue weighted by Crippen LogP contribution is -2.35. The average Bonchev–Trinajstić information content (AvgIpc) is 3.16. The number of aromatic amines is 1. The van der Waals surface area contributed by atoms with Gasteiger partial charge in [-0.25, -0.2) is 9.78 Å². The van der Waals surface area contributed by atoms with E-state index < -0.39 is 5.97 Å². The zero-order valence-electron chi connectivity index (χ0n) is 14.0. The molecular formula is C17H18N6O2. The Balaban J connectivity index is 2.03. The Bertz CT molecular complexity index is 913. The third-order valence-electron chi connectivity index (χ3n) is 5.35. The van der Waals surface area contributed by atoms with E-state index in [9.17, 15) is 10.1 Å². The van der Waals surface area contributed by atoms with Gasteiger partial charge >= 0.3 is 5.97 Å². The first-order chi connectivity index (χ1) is 12.1. The minimum Gasteiger partial charge on any atom is -0.464 e. The van der Waals surface area contributed by atoms with Crippen LogP contribution >= 0.6 is 0 Å². The smallest absolute Gasteiger partial charge is 0.356 e. The minimum absolute atomic E-state index is 0.157. The van der Waals surface area contributed by atoms with E-state index in [0.29, 0.717) is 17.2 Å². The van der Waals surface area contributed by atoms with E-state index in [1.165, 1.54) is 7.11 Å². The summed E-state index contributed by atoms with van der Waals surface area (Å²) in [5.74, 6) is -0.341. The molecule has 0 saturated carbocycles. The molecule has 2 atom stereocenters. The van der Waals surface area contributed by atoms with Crippen molar-refractivity contribution >= 4 is 11.8 Å². The van der Waals surface area contributed by atoms with Crippen molar-refractivity contribution in [3.8, 4) is 17.2 Å². The maximum absolute atomic E-state index is 12.1. The second kappa shape index (κ2) is 5.57.